The average molecular weight is 126 g/mol. The van der Waals surface area contributed by atoms with Crippen molar-refractivity contribution in [1.29, 1.82) is 0 Å². The number of hydrogen-bond acceptors (Lipinski definition) is 3. The van der Waals surface area contributed by atoms with Crippen molar-refractivity contribution in [2.75, 3.05) is 0 Å². The molecule has 3 rings (SSSR count). The summed E-state index contributed by atoms with van der Waals surface area (Å²) in [7, 11) is 0. The molecule has 3 heteroatoms. The standard InChI is InChI=1S/C6H10N2O/c7-8-5-1-3-6(9-8)4-2-5/h1,3,5-6H,2,4,7H2. The molecular formula is C6H10N2O. The summed E-state index contributed by atoms with van der Waals surface area (Å²) >= 11 is 0. The maximum atomic E-state index is 5.48. The minimum atomic E-state index is 0.250. The van der Waals surface area contributed by atoms with Gasteiger partial charge in [-0.05, 0) is 12.8 Å². The van der Waals surface area contributed by atoms with Crippen molar-refractivity contribution in [2.24, 2.45) is 5.84 Å². The molecule has 1 saturated heterocycles. The predicted octanol–water partition coefficient (Wildman–Crippen LogP) is 0.194. The molecule has 1 aliphatic carbocycles. The minimum Gasteiger partial charge on any atom is -0.276 e. The number of fused-ring (bicyclic) bond motifs is 2. The first-order chi connectivity index (χ1) is 4.36. The highest BCUT2D eigenvalue weighted by Gasteiger charge is 2.28. The van der Waals surface area contributed by atoms with E-state index in [9.17, 15) is 0 Å². The second-order valence-corrected chi connectivity index (χ2v) is 2.53. The first kappa shape index (κ1) is 5.41. The Hall–Kier alpha value is -0.380. The van der Waals surface area contributed by atoms with E-state index in [1.165, 1.54) is 5.17 Å². The van der Waals surface area contributed by atoms with Gasteiger partial charge in [0.25, 0.3) is 0 Å². The molecule has 0 saturated carbocycles. The zero-order chi connectivity index (χ0) is 6.27. The molecule has 9 heavy (non-hydrogen) atoms. The van der Waals surface area contributed by atoms with Crippen LogP contribution in [0.3, 0.4) is 0 Å². The number of nitrogens with zero attached hydrogens (tertiary/aromatic N) is 1. The topological polar surface area (TPSA) is 38.5 Å². The molecule has 0 amide bonds. The van der Waals surface area contributed by atoms with Crippen molar-refractivity contribution in [3.8, 4) is 0 Å². The fourth-order valence-corrected chi connectivity index (χ4v) is 1.31. The molecule has 50 valence electrons. The Morgan fingerprint density at radius 2 is 2.33 bits per heavy atom. The Bertz CT molecular complexity index is 146. The van der Waals surface area contributed by atoms with Crippen LogP contribution in [0.4, 0.5) is 0 Å². The van der Waals surface area contributed by atoms with Crippen molar-refractivity contribution in [3.05, 3.63) is 12.2 Å². The molecule has 2 aliphatic heterocycles. The van der Waals surface area contributed by atoms with Crippen molar-refractivity contribution >= 4 is 0 Å². The van der Waals surface area contributed by atoms with Crippen LogP contribution in [0.25, 0.3) is 0 Å². The van der Waals surface area contributed by atoms with Crippen LogP contribution >= 0.6 is 0 Å². The molecule has 0 aromatic carbocycles. The van der Waals surface area contributed by atoms with Crippen LogP contribution in [0.1, 0.15) is 12.8 Å². The summed E-state index contributed by atoms with van der Waals surface area (Å²) in [4.78, 5) is 5.21. The van der Waals surface area contributed by atoms with Gasteiger partial charge in [-0.1, -0.05) is 12.2 Å². The zero-order valence-electron chi connectivity index (χ0n) is 5.16. The van der Waals surface area contributed by atoms with Crippen LogP contribution < -0.4 is 5.84 Å². The van der Waals surface area contributed by atoms with Crippen molar-refractivity contribution in [3.63, 3.8) is 0 Å². The van der Waals surface area contributed by atoms with Crippen LogP contribution in [0.5, 0.6) is 0 Å². The molecule has 2 N–H and O–H groups in total. The van der Waals surface area contributed by atoms with Gasteiger partial charge in [-0.15, -0.1) is 5.17 Å². The molecule has 2 bridgehead atoms. The van der Waals surface area contributed by atoms with Crippen LogP contribution in [0.2, 0.25) is 0 Å². The molecule has 2 atom stereocenters. The van der Waals surface area contributed by atoms with E-state index in [1.54, 1.807) is 0 Å². The molecule has 1 fully saturated rings. The summed E-state index contributed by atoms with van der Waals surface area (Å²) in [6.45, 7) is 0. The molecule has 2 unspecified atom stereocenters. The maximum Gasteiger partial charge on any atom is 0.0992 e. The third-order valence-electron chi connectivity index (χ3n) is 1.88. The number of hydrazine groups is 1. The number of hydroxylamine groups is 1. The highest BCUT2D eigenvalue weighted by Crippen LogP contribution is 2.24. The molecule has 0 aromatic heterocycles. The van der Waals surface area contributed by atoms with E-state index in [-0.39, 0.29) is 6.10 Å². The quantitative estimate of drug-likeness (QED) is 0.372. The molecular weight excluding hydrogens is 116 g/mol. The van der Waals surface area contributed by atoms with Gasteiger partial charge in [-0.25, -0.2) is 5.84 Å². The number of hydrogen-bond donors (Lipinski definition) is 1. The van der Waals surface area contributed by atoms with Gasteiger partial charge in [0.1, 0.15) is 0 Å². The van der Waals surface area contributed by atoms with E-state index in [2.05, 4.69) is 12.2 Å². The first-order valence-electron chi connectivity index (χ1n) is 3.25. The third-order valence-corrected chi connectivity index (χ3v) is 1.88. The third kappa shape index (κ3) is 0.775. The van der Waals surface area contributed by atoms with Gasteiger partial charge in [0.05, 0.1) is 12.1 Å². The number of rotatable bonds is 0. The van der Waals surface area contributed by atoms with Crippen molar-refractivity contribution < 1.29 is 4.84 Å². The highest BCUT2D eigenvalue weighted by atomic mass is 16.7. The van der Waals surface area contributed by atoms with Crippen LogP contribution in [0, 0.1) is 0 Å². The summed E-state index contributed by atoms with van der Waals surface area (Å²) in [6.07, 6.45) is 6.70. The average Bonchev–Trinajstić information content (AvgIpc) is 1.90. The van der Waals surface area contributed by atoms with Crippen molar-refractivity contribution in [2.45, 2.75) is 25.0 Å². The lowest BCUT2D eigenvalue weighted by molar-refractivity contribution is -0.236. The predicted molar refractivity (Wildman–Crippen MR) is 33.1 cm³/mol. The summed E-state index contributed by atoms with van der Waals surface area (Å²) in [5.74, 6) is 5.48. The van der Waals surface area contributed by atoms with Crippen LogP contribution in [-0.2, 0) is 4.84 Å². The van der Waals surface area contributed by atoms with Gasteiger partial charge in [0, 0.05) is 0 Å². The Balaban J connectivity index is 2.20. The normalized spacial score (nSPS) is 41.9. The lowest BCUT2D eigenvalue weighted by atomic mass is 9.99. The lowest BCUT2D eigenvalue weighted by Crippen LogP contribution is -2.49. The minimum absolute atomic E-state index is 0.250. The van der Waals surface area contributed by atoms with Gasteiger partial charge in [0.2, 0.25) is 0 Å². The SMILES string of the molecule is NN1OC2C=CC1CC2. The molecule has 0 radical (unpaired) electrons. The highest BCUT2D eigenvalue weighted by molar-refractivity contribution is 5.04. The molecule has 0 spiro atoms. The monoisotopic (exact) mass is 126 g/mol. The zero-order valence-corrected chi connectivity index (χ0v) is 5.16. The van der Waals surface area contributed by atoms with Gasteiger partial charge in [-0.2, -0.15) is 0 Å². The van der Waals surface area contributed by atoms with E-state index >= 15 is 0 Å². The van der Waals surface area contributed by atoms with Gasteiger partial charge in [0.15, 0.2) is 0 Å². The number of nitrogens with two attached hydrogens (primary N) is 1. The van der Waals surface area contributed by atoms with E-state index < -0.39 is 0 Å². The Morgan fingerprint density at radius 3 is 2.56 bits per heavy atom. The smallest absolute Gasteiger partial charge is 0.0992 e. The van der Waals surface area contributed by atoms with Gasteiger partial charge < -0.3 is 0 Å². The first-order valence-corrected chi connectivity index (χ1v) is 3.25. The summed E-state index contributed by atoms with van der Waals surface area (Å²) < 4.78 is 0. The summed E-state index contributed by atoms with van der Waals surface area (Å²) in [5.41, 5.74) is 0. The van der Waals surface area contributed by atoms with Crippen LogP contribution in [0.15, 0.2) is 12.2 Å². The molecule has 0 aromatic rings. The maximum absolute atomic E-state index is 5.48. The van der Waals surface area contributed by atoms with E-state index in [4.69, 9.17) is 10.7 Å². The lowest BCUT2D eigenvalue weighted by Gasteiger charge is -2.37. The van der Waals surface area contributed by atoms with Crippen LogP contribution in [-0.4, -0.2) is 17.3 Å². The van der Waals surface area contributed by atoms with Crippen molar-refractivity contribution in [1.82, 2.24) is 5.17 Å². The van der Waals surface area contributed by atoms with E-state index in [0.29, 0.717) is 6.04 Å². The Kier molecular flexibility index (Phi) is 1.08. The molecule has 3 nitrogen and oxygen atoms in total. The Morgan fingerprint density at radius 1 is 1.44 bits per heavy atom. The van der Waals surface area contributed by atoms with E-state index in [0.717, 1.165) is 12.8 Å². The summed E-state index contributed by atoms with van der Waals surface area (Å²) in [6, 6.07) is 0.329. The fourth-order valence-electron chi connectivity index (χ4n) is 1.31. The Labute approximate surface area is 54.0 Å². The summed E-state index contributed by atoms with van der Waals surface area (Å²) in [5, 5.41) is 1.45. The largest absolute Gasteiger partial charge is 0.276 e. The second-order valence-electron chi connectivity index (χ2n) is 2.53. The van der Waals surface area contributed by atoms with Gasteiger partial charge in [-0.3, -0.25) is 4.84 Å². The fraction of sp³-hybridized carbons (Fsp3) is 0.667. The van der Waals surface area contributed by atoms with E-state index in [1.807, 2.05) is 0 Å². The molecule has 2 heterocycles. The molecule has 3 aliphatic rings. The van der Waals surface area contributed by atoms with Gasteiger partial charge >= 0.3 is 0 Å². The second kappa shape index (κ2) is 1.80.